The Labute approximate surface area is 80.4 Å². The number of hydrogen-bond acceptors (Lipinski definition) is 2. The molecule has 0 aromatic carbocycles. The molecule has 5 heteroatoms. The average Bonchev–Trinajstić information content (AvgIpc) is 2.20. The van der Waals surface area contributed by atoms with Gasteiger partial charge in [-0.25, -0.2) is 4.39 Å². The predicted molar refractivity (Wildman–Crippen MR) is 49.7 cm³/mol. The molecule has 14 heavy (non-hydrogen) atoms. The van der Waals surface area contributed by atoms with Crippen molar-refractivity contribution in [3.8, 4) is 11.8 Å². The molecule has 0 amide bonds. The topological polar surface area (TPSA) is 61.7 Å². The normalized spacial score (nSPS) is 8.36. The number of pyridine rings is 1. The van der Waals surface area contributed by atoms with Gasteiger partial charge in [-0.2, -0.15) is 0 Å². The molecule has 1 aromatic rings. The van der Waals surface area contributed by atoms with Crippen LogP contribution in [0.5, 0.6) is 0 Å². The minimum absolute atomic E-state index is 0.302. The predicted octanol–water partition coefficient (Wildman–Crippen LogP) is 2.27. The van der Waals surface area contributed by atoms with E-state index < -0.39 is 5.82 Å². The molecule has 0 radical (unpaired) electrons. The molecule has 0 aliphatic heterocycles. The maximum absolute atomic E-state index is 12.9. The zero-order valence-corrected chi connectivity index (χ0v) is 7.31. The highest BCUT2D eigenvalue weighted by atomic mass is 19.1. The molecule has 0 atom stereocenters. The van der Waals surface area contributed by atoms with Crippen LogP contribution in [-0.4, -0.2) is 11.5 Å². The number of hydrogen-bond donors (Lipinski definition) is 0. The number of nitrogens with zero attached hydrogens (tertiary/aromatic N) is 4. The van der Waals surface area contributed by atoms with Crippen molar-refractivity contribution in [3.05, 3.63) is 40.3 Å². The molecule has 0 spiro atoms. The maximum Gasteiger partial charge on any atom is 0.157 e. The third-order valence-corrected chi connectivity index (χ3v) is 1.40. The molecule has 1 heterocycles. The lowest BCUT2D eigenvalue weighted by molar-refractivity contribution is 0.618. The van der Waals surface area contributed by atoms with Crippen LogP contribution in [0.15, 0.2) is 23.6 Å². The van der Waals surface area contributed by atoms with Crippen LogP contribution in [0, 0.1) is 17.7 Å². The largest absolute Gasteiger partial charge is 0.262 e. The highest BCUT2D eigenvalue weighted by Crippen LogP contribution is 2.01. The molecule has 1 aromatic heterocycles. The molecule has 1 rings (SSSR count). The zero-order chi connectivity index (χ0) is 10.2. The van der Waals surface area contributed by atoms with E-state index in [1.54, 1.807) is 0 Å². The second-order valence-corrected chi connectivity index (χ2v) is 2.36. The highest BCUT2D eigenvalue weighted by molar-refractivity contribution is 5.33. The highest BCUT2D eigenvalue weighted by Gasteiger charge is 1.94. The standard InChI is InChI=1S/C9H7FN4/c10-9-7-12-6-4-8(9)3-1-2-5-13-14-11/h4,6-7H,2,5H2. The van der Waals surface area contributed by atoms with Gasteiger partial charge in [-0.15, -0.1) is 0 Å². The number of halogens is 1. The van der Waals surface area contributed by atoms with Crippen molar-refractivity contribution in [2.24, 2.45) is 5.11 Å². The molecule has 0 saturated heterocycles. The van der Waals surface area contributed by atoms with Gasteiger partial charge in [-0.05, 0) is 11.6 Å². The van der Waals surface area contributed by atoms with Crippen LogP contribution in [0.4, 0.5) is 4.39 Å². The van der Waals surface area contributed by atoms with Gasteiger partial charge in [0.1, 0.15) is 0 Å². The average molecular weight is 190 g/mol. The van der Waals surface area contributed by atoms with Gasteiger partial charge in [-0.3, -0.25) is 4.98 Å². The van der Waals surface area contributed by atoms with Crippen molar-refractivity contribution in [1.82, 2.24) is 4.98 Å². The van der Waals surface area contributed by atoms with E-state index in [0.29, 0.717) is 18.5 Å². The van der Waals surface area contributed by atoms with E-state index in [-0.39, 0.29) is 0 Å². The third-order valence-electron chi connectivity index (χ3n) is 1.40. The quantitative estimate of drug-likeness (QED) is 0.232. The molecular weight excluding hydrogens is 183 g/mol. The van der Waals surface area contributed by atoms with Crippen molar-refractivity contribution in [3.63, 3.8) is 0 Å². The van der Waals surface area contributed by atoms with Gasteiger partial charge in [0.15, 0.2) is 5.82 Å². The second-order valence-electron chi connectivity index (χ2n) is 2.36. The smallest absolute Gasteiger partial charge is 0.157 e. The Morgan fingerprint density at radius 1 is 1.64 bits per heavy atom. The van der Waals surface area contributed by atoms with Crippen molar-refractivity contribution in [2.75, 3.05) is 6.54 Å². The van der Waals surface area contributed by atoms with Crippen LogP contribution in [0.25, 0.3) is 10.4 Å². The summed E-state index contributed by atoms with van der Waals surface area (Å²) in [6.07, 6.45) is 3.00. The molecule has 0 saturated carbocycles. The molecule has 0 fully saturated rings. The Bertz CT molecular complexity index is 412. The summed E-state index contributed by atoms with van der Waals surface area (Å²) in [7, 11) is 0. The van der Waals surface area contributed by atoms with Crippen LogP contribution in [-0.2, 0) is 0 Å². The first kappa shape index (κ1) is 10.0. The van der Waals surface area contributed by atoms with Gasteiger partial charge >= 0.3 is 0 Å². The summed E-state index contributed by atoms with van der Waals surface area (Å²) in [5.74, 6) is 4.88. The SMILES string of the molecule is [N-]=[N+]=NCCC#Cc1ccncc1F. The first-order valence-corrected chi connectivity index (χ1v) is 3.94. The lowest BCUT2D eigenvalue weighted by atomic mass is 10.2. The third kappa shape index (κ3) is 3.13. The Balaban J connectivity index is 2.59. The minimum Gasteiger partial charge on any atom is -0.262 e. The number of azide groups is 1. The summed E-state index contributed by atoms with van der Waals surface area (Å²) in [6, 6.07) is 1.50. The maximum atomic E-state index is 12.9. The van der Waals surface area contributed by atoms with Crippen LogP contribution in [0.3, 0.4) is 0 Å². The fourth-order valence-corrected chi connectivity index (χ4v) is 0.785. The van der Waals surface area contributed by atoms with Crippen molar-refractivity contribution in [1.29, 1.82) is 0 Å². The molecular formula is C9H7FN4. The summed E-state index contributed by atoms with van der Waals surface area (Å²) in [4.78, 5) is 6.16. The minimum atomic E-state index is -0.441. The Morgan fingerprint density at radius 3 is 3.21 bits per heavy atom. The van der Waals surface area contributed by atoms with Crippen molar-refractivity contribution < 1.29 is 4.39 Å². The fourth-order valence-electron chi connectivity index (χ4n) is 0.785. The van der Waals surface area contributed by atoms with Crippen LogP contribution in [0.2, 0.25) is 0 Å². The molecule has 70 valence electrons. The van der Waals surface area contributed by atoms with Crippen molar-refractivity contribution >= 4 is 0 Å². The van der Waals surface area contributed by atoms with E-state index in [1.165, 1.54) is 12.3 Å². The lowest BCUT2D eigenvalue weighted by Gasteiger charge is -1.89. The zero-order valence-electron chi connectivity index (χ0n) is 7.31. The lowest BCUT2D eigenvalue weighted by Crippen LogP contribution is -1.84. The molecule has 0 N–H and O–H groups in total. The Hall–Kier alpha value is -2.05. The van der Waals surface area contributed by atoms with E-state index >= 15 is 0 Å². The summed E-state index contributed by atoms with van der Waals surface area (Å²) >= 11 is 0. The van der Waals surface area contributed by atoms with E-state index in [4.69, 9.17) is 5.53 Å². The van der Waals surface area contributed by atoms with Gasteiger partial charge in [-0.1, -0.05) is 17.0 Å². The number of aromatic nitrogens is 1. The van der Waals surface area contributed by atoms with Gasteiger partial charge in [0.05, 0.1) is 11.8 Å². The van der Waals surface area contributed by atoms with E-state index in [1.807, 2.05) is 0 Å². The summed E-state index contributed by atoms with van der Waals surface area (Å²) in [5, 5.41) is 3.30. The summed E-state index contributed by atoms with van der Waals surface area (Å²) in [5.41, 5.74) is 8.28. The molecule has 0 unspecified atom stereocenters. The van der Waals surface area contributed by atoms with Gasteiger partial charge in [0.2, 0.25) is 0 Å². The van der Waals surface area contributed by atoms with E-state index in [9.17, 15) is 4.39 Å². The first-order valence-electron chi connectivity index (χ1n) is 3.94. The molecule has 0 bridgehead atoms. The Morgan fingerprint density at radius 2 is 2.50 bits per heavy atom. The molecule has 0 aliphatic rings. The van der Waals surface area contributed by atoms with Crippen LogP contribution >= 0.6 is 0 Å². The summed E-state index contributed by atoms with van der Waals surface area (Å²) < 4.78 is 12.9. The molecule has 4 nitrogen and oxygen atoms in total. The van der Waals surface area contributed by atoms with Crippen LogP contribution < -0.4 is 0 Å². The second kappa shape index (κ2) is 5.57. The van der Waals surface area contributed by atoms with E-state index in [0.717, 1.165) is 6.20 Å². The number of rotatable bonds is 2. The summed E-state index contributed by atoms with van der Waals surface area (Å²) in [6.45, 7) is 0.302. The fraction of sp³-hybridized carbons (Fsp3) is 0.222. The van der Waals surface area contributed by atoms with Crippen molar-refractivity contribution in [2.45, 2.75) is 6.42 Å². The van der Waals surface area contributed by atoms with E-state index in [2.05, 4.69) is 26.9 Å². The van der Waals surface area contributed by atoms with Gasteiger partial charge in [0, 0.05) is 24.1 Å². The van der Waals surface area contributed by atoms with Gasteiger partial charge < -0.3 is 0 Å². The van der Waals surface area contributed by atoms with Crippen LogP contribution in [0.1, 0.15) is 12.0 Å². The monoisotopic (exact) mass is 190 g/mol. The first-order chi connectivity index (χ1) is 6.84. The Kier molecular flexibility index (Phi) is 3.99. The van der Waals surface area contributed by atoms with Gasteiger partial charge in [0.25, 0.3) is 0 Å². The molecule has 0 aliphatic carbocycles.